The van der Waals surface area contributed by atoms with Crippen molar-refractivity contribution in [3.8, 4) is 9.75 Å². The van der Waals surface area contributed by atoms with Gasteiger partial charge in [-0.3, -0.25) is 0 Å². The van der Waals surface area contributed by atoms with Gasteiger partial charge in [0.05, 0.1) is 0 Å². The van der Waals surface area contributed by atoms with Crippen molar-refractivity contribution in [1.29, 1.82) is 0 Å². The van der Waals surface area contributed by atoms with Gasteiger partial charge in [-0.2, -0.15) is 0 Å². The van der Waals surface area contributed by atoms with E-state index in [1.54, 1.807) is 11.3 Å². The fourth-order valence-corrected chi connectivity index (χ4v) is 4.65. The van der Waals surface area contributed by atoms with E-state index in [2.05, 4.69) is 52.0 Å². The highest BCUT2D eigenvalue weighted by molar-refractivity contribution is 7.22. The Bertz CT molecular complexity index is 692. The van der Waals surface area contributed by atoms with Gasteiger partial charge in [0.1, 0.15) is 0 Å². The van der Waals surface area contributed by atoms with Crippen molar-refractivity contribution < 1.29 is 0 Å². The highest BCUT2D eigenvalue weighted by Crippen LogP contribution is 2.40. The molecular weight excluding hydrogens is 308 g/mol. The second kappa shape index (κ2) is 5.93. The van der Waals surface area contributed by atoms with Crippen LogP contribution in [0.5, 0.6) is 0 Å². The minimum atomic E-state index is -0.286. The number of rotatable bonds is 4. The molecule has 0 aliphatic heterocycles. The van der Waals surface area contributed by atoms with Crippen molar-refractivity contribution in [2.75, 3.05) is 0 Å². The van der Waals surface area contributed by atoms with Gasteiger partial charge in [0.25, 0.3) is 0 Å². The average molecular weight is 335 g/mol. The van der Waals surface area contributed by atoms with Gasteiger partial charge >= 0.3 is 0 Å². The fourth-order valence-electron chi connectivity index (χ4n) is 2.32. The summed E-state index contributed by atoms with van der Waals surface area (Å²) < 4.78 is 0. The molecule has 2 aromatic heterocycles. The molecule has 0 amide bonds. The van der Waals surface area contributed by atoms with Crippen LogP contribution in [0.2, 0.25) is 0 Å². The summed E-state index contributed by atoms with van der Waals surface area (Å²) >= 11 is 3.62. The molecule has 0 aromatic carbocycles. The first kappa shape index (κ1) is 17.4. The van der Waals surface area contributed by atoms with E-state index in [0.717, 1.165) is 0 Å². The van der Waals surface area contributed by atoms with E-state index in [4.69, 9.17) is 11.5 Å². The topological polar surface area (TPSA) is 52.0 Å². The summed E-state index contributed by atoms with van der Waals surface area (Å²) in [5, 5.41) is 0. The summed E-state index contributed by atoms with van der Waals surface area (Å²) in [6.07, 6.45) is 4.20. The van der Waals surface area contributed by atoms with Gasteiger partial charge < -0.3 is 11.5 Å². The highest BCUT2D eigenvalue weighted by atomic mass is 32.1. The Hall–Kier alpha value is -0.940. The summed E-state index contributed by atoms with van der Waals surface area (Å²) in [4.78, 5) is 5.13. The summed E-state index contributed by atoms with van der Waals surface area (Å²) in [7, 11) is 0. The first-order valence-electron chi connectivity index (χ1n) is 7.46. The number of nitrogens with two attached hydrogens (primary N) is 2. The number of thiophene rings is 2. The SMILES string of the molecule is Cc1cc(-c2cc(C)c(C(C)(C)N)s2)sc1/C=C/C(C)(C)N. The summed E-state index contributed by atoms with van der Waals surface area (Å²) in [6, 6.07) is 4.51. The minimum Gasteiger partial charge on any atom is -0.322 e. The molecule has 0 radical (unpaired) electrons. The van der Waals surface area contributed by atoms with Crippen molar-refractivity contribution in [3.05, 3.63) is 39.1 Å². The zero-order valence-electron chi connectivity index (χ0n) is 14.3. The molecule has 0 saturated carbocycles. The highest BCUT2D eigenvalue weighted by Gasteiger charge is 2.21. The van der Waals surface area contributed by atoms with Gasteiger partial charge in [-0.25, -0.2) is 0 Å². The minimum absolute atomic E-state index is 0.285. The van der Waals surface area contributed by atoms with E-state index in [0.29, 0.717) is 0 Å². The normalized spacial score (nSPS) is 13.3. The van der Waals surface area contributed by atoms with Crippen LogP contribution in [0.1, 0.15) is 48.6 Å². The lowest BCUT2D eigenvalue weighted by Gasteiger charge is -2.17. The molecule has 0 aliphatic carbocycles. The fraction of sp³-hybridized carbons (Fsp3) is 0.444. The van der Waals surface area contributed by atoms with Crippen LogP contribution in [0, 0.1) is 13.8 Å². The predicted octanol–water partition coefficient (Wildman–Crippen LogP) is 5.04. The molecule has 4 heteroatoms. The lowest BCUT2D eigenvalue weighted by atomic mass is 10.0. The average Bonchev–Trinajstić information content (AvgIpc) is 2.88. The summed E-state index contributed by atoms with van der Waals surface area (Å²) in [6.45, 7) is 12.4. The van der Waals surface area contributed by atoms with Gasteiger partial charge in [0.2, 0.25) is 0 Å². The van der Waals surface area contributed by atoms with Gasteiger partial charge in [0.15, 0.2) is 0 Å². The molecule has 0 spiro atoms. The Labute approximate surface area is 141 Å². The van der Waals surface area contributed by atoms with Crippen LogP contribution in [0.4, 0.5) is 0 Å². The third kappa shape index (κ3) is 4.07. The Balaban J connectivity index is 2.38. The van der Waals surface area contributed by atoms with E-state index in [9.17, 15) is 0 Å². The number of hydrogen-bond acceptors (Lipinski definition) is 4. The molecule has 0 atom stereocenters. The van der Waals surface area contributed by atoms with Crippen LogP contribution >= 0.6 is 22.7 Å². The van der Waals surface area contributed by atoms with E-state index in [1.807, 2.05) is 25.2 Å². The Morgan fingerprint density at radius 3 is 1.95 bits per heavy atom. The van der Waals surface area contributed by atoms with Crippen molar-refractivity contribution in [1.82, 2.24) is 0 Å². The molecule has 120 valence electrons. The van der Waals surface area contributed by atoms with Crippen molar-refractivity contribution >= 4 is 28.7 Å². The third-order valence-corrected chi connectivity index (χ3v) is 6.34. The van der Waals surface area contributed by atoms with Gasteiger partial charge in [0, 0.05) is 30.6 Å². The number of hydrogen-bond donors (Lipinski definition) is 2. The zero-order chi connectivity index (χ0) is 16.7. The molecule has 2 nitrogen and oxygen atoms in total. The summed E-state index contributed by atoms with van der Waals surface area (Å²) in [5.74, 6) is 0. The quantitative estimate of drug-likeness (QED) is 0.823. The predicted molar refractivity (Wildman–Crippen MR) is 102 cm³/mol. The molecule has 2 aromatic rings. The van der Waals surface area contributed by atoms with E-state index in [1.165, 1.54) is 30.6 Å². The first-order chi connectivity index (χ1) is 9.97. The van der Waals surface area contributed by atoms with E-state index >= 15 is 0 Å². The zero-order valence-corrected chi connectivity index (χ0v) is 15.9. The Kier molecular flexibility index (Phi) is 4.69. The molecule has 0 unspecified atom stereocenters. The largest absolute Gasteiger partial charge is 0.322 e. The van der Waals surface area contributed by atoms with Gasteiger partial charge in [-0.1, -0.05) is 6.08 Å². The Morgan fingerprint density at radius 2 is 1.45 bits per heavy atom. The van der Waals surface area contributed by atoms with Crippen LogP contribution < -0.4 is 11.5 Å². The lowest BCUT2D eigenvalue weighted by molar-refractivity contribution is 0.564. The van der Waals surface area contributed by atoms with Crippen molar-refractivity contribution in [3.63, 3.8) is 0 Å². The van der Waals surface area contributed by atoms with Crippen LogP contribution in [-0.4, -0.2) is 5.54 Å². The molecule has 0 fully saturated rings. The van der Waals surface area contributed by atoms with Crippen LogP contribution in [0.15, 0.2) is 18.2 Å². The van der Waals surface area contributed by atoms with Crippen LogP contribution in [0.3, 0.4) is 0 Å². The first-order valence-corrected chi connectivity index (χ1v) is 9.09. The van der Waals surface area contributed by atoms with Gasteiger partial charge in [-0.15, -0.1) is 22.7 Å². The number of aryl methyl sites for hydroxylation is 2. The molecule has 2 heterocycles. The molecule has 0 aliphatic rings. The Morgan fingerprint density at radius 1 is 0.909 bits per heavy atom. The van der Waals surface area contributed by atoms with Crippen LogP contribution in [-0.2, 0) is 5.54 Å². The van der Waals surface area contributed by atoms with Crippen molar-refractivity contribution in [2.45, 2.75) is 52.6 Å². The smallest absolute Gasteiger partial charge is 0.0451 e. The van der Waals surface area contributed by atoms with E-state index < -0.39 is 0 Å². The second-order valence-corrected chi connectivity index (χ2v) is 9.29. The summed E-state index contributed by atoms with van der Waals surface area (Å²) in [5.41, 5.74) is 14.3. The molecule has 0 saturated heterocycles. The molecular formula is C18H26N2S2. The maximum atomic E-state index is 6.27. The maximum Gasteiger partial charge on any atom is 0.0451 e. The maximum absolute atomic E-state index is 6.27. The molecule has 22 heavy (non-hydrogen) atoms. The molecule has 2 rings (SSSR count). The third-order valence-electron chi connectivity index (χ3n) is 3.37. The van der Waals surface area contributed by atoms with Crippen LogP contribution in [0.25, 0.3) is 15.8 Å². The van der Waals surface area contributed by atoms with Crippen molar-refractivity contribution in [2.24, 2.45) is 11.5 Å². The second-order valence-electron chi connectivity index (χ2n) is 7.16. The molecule has 0 bridgehead atoms. The monoisotopic (exact) mass is 334 g/mol. The van der Waals surface area contributed by atoms with Gasteiger partial charge in [-0.05, 0) is 70.9 Å². The lowest BCUT2D eigenvalue weighted by Crippen LogP contribution is -2.28. The molecule has 4 N–H and O–H groups in total. The standard InChI is InChI=1S/C18H26N2S2/c1-11-9-14(21-13(11)7-8-17(3,4)19)15-10-12(2)16(22-15)18(5,6)20/h7-10H,19-20H2,1-6H3/b8-7+. The van der Waals surface area contributed by atoms with E-state index in [-0.39, 0.29) is 11.1 Å².